The molecule has 4 N–H and O–H groups in total. The largest absolute Gasteiger partial charge is 0.455 e. The Kier molecular flexibility index (Phi) is 19.9. The number of rotatable bonds is 26. The van der Waals surface area contributed by atoms with Crippen LogP contribution >= 0.6 is 0 Å². The van der Waals surface area contributed by atoms with Crippen LogP contribution in [0, 0.1) is 0 Å². The van der Waals surface area contributed by atoms with E-state index in [0.717, 1.165) is 64.2 Å². The van der Waals surface area contributed by atoms with E-state index in [2.05, 4.69) is 6.92 Å². The van der Waals surface area contributed by atoms with Crippen LogP contribution in [0.4, 0.5) is 0 Å². The zero-order valence-corrected chi connectivity index (χ0v) is 26.9. The second kappa shape index (κ2) is 22.5. The van der Waals surface area contributed by atoms with Gasteiger partial charge in [0, 0.05) is 12.0 Å². The van der Waals surface area contributed by atoms with Gasteiger partial charge in [0.25, 0.3) is 0 Å². The summed E-state index contributed by atoms with van der Waals surface area (Å²) in [7, 11) is 0. The lowest BCUT2D eigenvalue weighted by Crippen LogP contribution is -2.31. The van der Waals surface area contributed by atoms with Crippen molar-refractivity contribution in [3.63, 3.8) is 0 Å². The first-order valence-corrected chi connectivity index (χ1v) is 17.6. The molecule has 42 heavy (non-hydrogen) atoms. The summed E-state index contributed by atoms with van der Waals surface area (Å²) in [5.41, 5.74) is 0.583. The standard InChI is InChI=1S/C35H64O7/c1-3-4-5-6-7-8-9-10-11-16-21-31(38)33-23-24-34(42-33)32(39)22-17-20-29(36)18-14-12-13-15-19-30(37)26-28-25-27(2)41-35(28)40/h25,27,29-34,36-39H,3-24,26H2,1-2H3/t27-,29+,30+,31-,32-,33-,34-/m0/s1. The van der Waals surface area contributed by atoms with Gasteiger partial charge in [-0.3, -0.25) is 0 Å². The Bertz CT molecular complexity index is 726. The molecule has 2 aliphatic heterocycles. The van der Waals surface area contributed by atoms with Gasteiger partial charge in [-0.25, -0.2) is 4.79 Å². The number of ether oxygens (including phenoxy) is 2. The highest BCUT2D eigenvalue weighted by Gasteiger charge is 2.34. The first-order valence-electron chi connectivity index (χ1n) is 17.6. The average Bonchev–Trinajstić information content (AvgIpc) is 3.57. The highest BCUT2D eigenvalue weighted by molar-refractivity contribution is 5.90. The Balaban J connectivity index is 1.41. The molecule has 0 aromatic heterocycles. The van der Waals surface area contributed by atoms with Crippen LogP contribution in [0.15, 0.2) is 11.6 Å². The molecule has 0 aromatic carbocycles. The third-order valence-corrected chi connectivity index (χ3v) is 9.11. The molecule has 1 fully saturated rings. The quantitative estimate of drug-likeness (QED) is 0.0624. The summed E-state index contributed by atoms with van der Waals surface area (Å²) in [6, 6.07) is 0. The van der Waals surface area contributed by atoms with Crippen molar-refractivity contribution in [1.82, 2.24) is 0 Å². The van der Waals surface area contributed by atoms with Crippen molar-refractivity contribution in [3.05, 3.63) is 11.6 Å². The molecule has 0 saturated carbocycles. The van der Waals surface area contributed by atoms with Crippen LogP contribution in [0.25, 0.3) is 0 Å². The van der Waals surface area contributed by atoms with Crippen molar-refractivity contribution in [1.29, 1.82) is 0 Å². The Hall–Kier alpha value is -0.990. The van der Waals surface area contributed by atoms with Crippen LogP contribution in [0.1, 0.15) is 162 Å². The highest BCUT2D eigenvalue weighted by Crippen LogP contribution is 2.28. The molecule has 0 radical (unpaired) electrons. The summed E-state index contributed by atoms with van der Waals surface area (Å²) in [6.07, 6.45) is 22.3. The van der Waals surface area contributed by atoms with Gasteiger partial charge >= 0.3 is 5.97 Å². The van der Waals surface area contributed by atoms with Gasteiger partial charge in [0.05, 0.1) is 36.6 Å². The lowest BCUT2D eigenvalue weighted by atomic mass is 9.99. The normalized spacial score (nSPS) is 23.5. The summed E-state index contributed by atoms with van der Waals surface area (Å²) >= 11 is 0. The van der Waals surface area contributed by atoms with Crippen molar-refractivity contribution in [3.8, 4) is 0 Å². The SMILES string of the molecule is CCCCCCCCCCCC[C@H](O)[C@@H]1CC[C@@H]([C@@H](O)CCC[C@H](O)CCCCCC[C@@H](O)CC2=C[C@H](C)OC2=O)O1. The van der Waals surface area contributed by atoms with E-state index in [1.807, 2.05) is 6.92 Å². The van der Waals surface area contributed by atoms with Gasteiger partial charge in [-0.1, -0.05) is 96.8 Å². The van der Waals surface area contributed by atoms with Crippen molar-refractivity contribution < 1.29 is 34.7 Å². The predicted molar refractivity (Wildman–Crippen MR) is 168 cm³/mol. The number of hydrogen-bond donors (Lipinski definition) is 4. The van der Waals surface area contributed by atoms with E-state index >= 15 is 0 Å². The van der Waals surface area contributed by atoms with E-state index in [1.165, 1.54) is 57.8 Å². The maximum absolute atomic E-state index is 11.6. The fourth-order valence-electron chi connectivity index (χ4n) is 6.43. The van der Waals surface area contributed by atoms with Crippen LogP contribution in [0.3, 0.4) is 0 Å². The van der Waals surface area contributed by atoms with Crippen molar-refractivity contribution in [2.75, 3.05) is 0 Å². The molecular weight excluding hydrogens is 532 g/mol. The van der Waals surface area contributed by atoms with Crippen LogP contribution in [0.2, 0.25) is 0 Å². The molecule has 0 spiro atoms. The van der Waals surface area contributed by atoms with Crippen LogP contribution in [-0.4, -0.2) is 69.1 Å². The fourth-order valence-corrected chi connectivity index (χ4v) is 6.43. The molecule has 2 heterocycles. The number of unbranched alkanes of at least 4 members (excludes halogenated alkanes) is 12. The molecule has 7 nitrogen and oxygen atoms in total. The van der Waals surface area contributed by atoms with Gasteiger partial charge in [0.15, 0.2) is 0 Å². The molecule has 0 amide bonds. The number of cyclic esters (lactones) is 1. The molecule has 0 aliphatic carbocycles. The van der Waals surface area contributed by atoms with E-state index in [1.54, 1.807) is 6.08 Å². The van der Waals surface area contributed by atoms with E-state index in [-0.39, 0.29) is 30.4 Å². The molecule has 1 saturated heterocycles. The molecule has 0 aromatic rings. The van der Waals surface area contributed by atoms with E-state index in [0.29, 0.717) is 31.3 Å². The zero-order valence-electron chi connectivity index (χ0n) is 26.9. The van der Waals surface area contributed by atoms with Gasteiger partial charge in [-0.05, 0) is 64.4 Å². The third kappa shape index (κ3) is 16.2. The van der Waals surface area contributed by atoms with E-state index < -0.39 is 18.3 Å². The molecule has 7 atom stereocenters. The first-order chi connectivity index (χ1) is 20.3. The van der Waals surface area contributed by atoms with Gasteiger partial charge in [0.1, 0.15) is 6.10 Å². The number of aliphatic hydroxyl groups excluding tert-OH is 4. The maximum Gasteiger partial charge on any atom is 0.334 e. The molecule has 0 bridgehead atoms. The predicted octanol–water partition coefficient (Wildman–Crippen LogP) is 7.06. The Morgan fingerprint density at radius 1 is 0.667 bits per heavy atom. The Labute approximate surface area is 256 Å². The average molecular weight is 597 g/mol. The number of aliphatic hydroxyl groups is 4. The van der Waals surface area contributed by atoms with Gasteiger partial charge in [-0.15, -0.1) is 0 Å². The number of hydrogen-bond acceptors (Lipinski definition) is 7. The minimum Gasteiger partial charge on any atom is -0.455 e. The topological polar surface area (TPSA) is 116 Å². The summed E-state index contributed by atoms with van der Waals surface area (Å²) in [5.74, 6) is -0.309. The minimum atomic E-state index is -0.539. The van der Waals surface area contributed by atoms with Gasteiger partial charge in [-0.2, -0.15) is 0 Å². The van der Waals surface area contributed by atoms with Crippen LogP contribution < -0.4 is 0 Å². The van der Waals surface area contributed by atoms with Gasteiger partial charge in [0.2, 0.25) is 0 Å². The number of carbonyl (C=O) groups excluding carboxylic acids is 1. The van der Waals surface area contributed by atoms with Gasteiger partial charge < -0.3 is 29.9 Å². The second-order valence-electron chi connectivity index (χ2n) is 13.1. The van der Waals surface area contributed by atoms with Crippen LogP contribution in [0.5, 0.6) is 0 Å². The molecule has 7 heteroatoms. The van der Waals surface area contributed by atoms with Crippen molar-refractivity contribution in [2.24, 2.45) is 0 Å². The number of carbonyl (C=O) groups is 1. The maximum atomic E-state index is 11.6. The monoisotopic (exact) mass is 596 g/mol. The zero-order chi connectivity index (χ0) is 30.6. The van der Waals surface area contributed by atoms with Crippen molar-refractivity contribution in [2.45, 2.75) is 204 Å². The highest BCUT2D eigenvalue weighted by atomic mass is 16.5. The lowest BCUT2D eigenvalue weighted by molar-refractivity contribution is -0.139. The Morgan fingerprint density at radius 2 is 1.12 bits per heavy atom. The molecule has 2 aliphatic rings. The Morgan fingerprint density at radius 3 is 1.64 bits per heavy atom. The fraction of sp³-hybridized carbons (Fsp3) is 0.914. The molecule has 246 valence electrons. The third-order valence-electron chi connectivity index (χ3n) is 9.11. The summed E-state index contributed by atoms with van der Waals surface area (Å²) in [5, 5.41) is 41.7. The van der Waals surface area contributed by atoms with Crippen molar-refractivity contribution >= 4 is 5.97 Å². The molecular formula is C35H64O7. The molecule has 0 unspecified atom stereocenters. The summed E-state index contributed by atoms with van der Waals surface area (Å²) in [4.78, 5) is 11.6. The van der Waals surface area contributed by atoms with E-state index in [9.17, 15) is 25.2 Å². The smallest absolute Gasteiger partial charge is 0.334 e. The second-order valence-corrected chi connectivity index (χ2v) is 13.1. The summed E-state index contributed by atoms with van der Waals surface area (Å²) < 4.78 is 11.1. The lowest BCUT2D eigenvalue weighted by Gasteiger charge is -2.22. The minimum absolute atomic E-state index is 0.157. The number of esters is 1. The van der Waals surface area contributed by atoms with Crippen LogP contribution in [-0.2, 0) is 14.3 Å². The summed E-state index contributed by atoms with van der Waals surface area (Å²) in [6.45, 7) is 4.07. The van der Waals surface area contributed by atoms with E-state index in [4.69, 9.17) is 9.47 Å². The molecule has 2 rings (SSSR count). The first kappa shape index (κ1) is 37.2.